The highest BCUT2D eigenvalue weighted by Crippen LogP contribution is 2.11. The van der Waals surface area contributed by atoms with Gasteiger partial charge in [-0.15, -0.1) is 0 Å². The molecule has 2 nitrogen and oxygen atoms in total. The number of aliphatic hydroxyl groups excluding tert-OH is 1. The maximum atomic E-state index is 9.22. The van der Waals surface area contributed by atoms with Crippen LogP contribution in [0.25, 0.3) is 0 Å². The largest absolute Gasteiger partial charge is 0.389 e. The van der Waals surface area contributed by atoms with Crippen LogP contribution in [0.4, 0.5) is 0 Å². The highest BCUT2D eigenvalue weighted by molar-refractivity contribution is 4.92. The van der Waals surface area contributed by atoms with E-state index in [0.29, 0.717) is 6.61 Å². The lowest BCUT2D eigenvalue weighted by molar-refractivity contribution is 0.0454. The van der Waals surface area contributed by atoms with E-state index in [1.165, 1.54) is 0 Å². The van der Waals surface area contributed by atoms with Crippen LogP contribution in [0.2, 0.25) is 0 Å². The van der Waals surface area contributed by atoms with Gasteiger partial charge < -0.3 is 9.84 Å². The first-order valence-electron chi connectivity index (χ1n) is 3.79. The maximum Gasteiger partial charge on any atom is 0.0746 e. The Bertz CT molecular complexity index is 120. The molecule has 0 aromatic carbocycles. The third kappa shape index (κ3) is 2.12. The van der Waals surface area contributed by atoms with Gasteiger partial charge in [-0.25, -0.2) is 0 Å². The van der Waals surface area contributed by atoms with Crippen LogP contribution in [0.1, 0.15) is 19.8 Å². The van der Waals surface area contributed by atoms with Crippen molar-refractivity contribution in [3.8, 4) is 0 Å². The second-order valence-electron chi connectivity index (χ2n) is 2.59. The number of hydrogen-bond donors (Lipinski definition) is 1. The molecule has 0 aliphatic carbocycles. The molecule has 0 unspecified atom stereocenters. The Morgan fingerprint density at radius 3 is 3.20 bits per heavy atom. The molecule has 10 heavy (non-hydrogen) atoms. The van der Waals surface area contributed by atoms with Crippen LogP contribution >= 0.6 is 0 Å². The molecule has 0 amide bonds. The van der Waals surface area contributed by atoms with Gasteiger partial charge in [0.2, 0.25) is 0 Å². The monoisotopic (exact) mass is 142 g/mol. The van der Waals surface area contributed by atoms with E-state index in [1.54, 1.807) is 6.08 Å². The Morgan fingerprint density at radius 2 is 2.50 bits per heavy atom. The quantitative estimate of drug-likeness (QED) is 0.555. The fourth-order valence-corrected chi connectivity index (χ4v) is 1.10. The molecule has 1 aliphatic rings. The van der Waals surface area contributed by atoms with E-state index in [2.05, 4.69) is 6.92 Å². The van der Waals surface area contributed by atoms with Gasteiger partial charge in [-0.2, -0.15) is 0 Å². The molecule has 1 rings (SSSR count). The summed E-state index contributed by atoms with van der Waals surface area (Å²) in [5.41, 5.74) is 0. The van der Waals surface area contributed by atoms with Gasteiger partial charge in [-0.1, -0.05) is 19.1 Å². The molecule has 0 aromatic rings. The fourth-order valence-electron chi connectivity index (χ4n) is 1.10. The molecule has 0 spiro atoms. The van der Waals surface area contributed by atoms with Crippen molar-refractivity contribution < 1.29 is 9.84 Å². The third-order valence-corrected chi connectivity index (χ3v) is 1.75. The van der Waals surface area contributed by atoms with Gasteiger partial charge in [0.15, 0.2) is 0 Å². The van der Waals surface area contributed by atoms with Gasteiger partial charge >= 0.3 is 0 Å². The Kier molecular flexibility index (Phi) is 2.90. The number of hydrogen-bond acceptors (Lipinski definition) is 2. The molecule has 0 saturated heterocycles. The van der Waals surface area contributed by atoms with E-state index in [0.717, 1.165) is 12.8 Å². The van der Waals surface area contributed by atoms with Crippen LogP contribution in [-0.2, 0) is 4.74 Å². The van der Waals surface area contributed by atoms with Crippen molar-refractivity contribution in [1.29, 1.82) is 0 Å². The van der Waals surface area contributed by atoms with Gasteiger partial charge in [0.05, 0.1) is 18.8 Å². The van der Waals surface area contributed by atoms with Gasteiger partial charge in [0, 0.05) is 6.42 Å². The summed E-state index contributed by atoms with van der Waals surface area (Å²) in [4.78, 5) is 0. The molecule has 0 fully saturated rings. The Labute approximate surface area is 61.5 Å². The van der Waals surface area contributed by atoms with Crippen molar-refractivity contribution in [2.24, 2.45) is 0 Å². The predicted molar refractivity (Wildman–Crippen MR) is 39.8 cm³/mol. The average molecular weight is 142 g/mol. The van der Waals surface area contributed by atoms with E-state index in [-0.39, 0.29) is 12.2 Å². The molecule has 2 atom stereocenters. The third-order valence-electron chi connectivity index (χ3n) is 1.75. The predicted octanol–water partition coefficient (Wildman–Crippen LogP) is 1.10. The van der Waals surface area contributed by atoms with Crippen molar-refractivity contribution in [1.82, 2.24) is 0 Å². The van der Waals surface area contributed by atoms with Crippen LogP contribution in [-0.4, -0.2) is 23.9 Å². The summed E-state index contributed by atoms with van der Waals surface area (Å²) in [5.74, 6) is 0. The van der Waals surface area contributed by atoms with E-state index in [9.17, 15) is 5.11 Å². The molecule has 1 N–H and O–H groups in total. The highest BCUT2D eigenvalue weighted by atomic mass is 16.5. The molecule has 1 heterocycles. The van der Waals surface area contributed by atoms with Crippen molar-refractivity contribution in [2.75, 3.05) is 6.61 Å². The standard InChI is InChI=1S/C8H14O2/c1-2-8-6-7(9)4-3-5-10-8/h3-4,7-9H,2,5-6H2,1H3/t7-,8-/m0/s1. The van der Waals surface area contributed by atoms with Gasteiger partial charge in [-0.05, 0) is 6.42 Å². The van der Waals surface area contributed by atoms with E-state index in [1.807, 2.05) is 6.08 Å². The second kappa shape index (κ2) is 3.74. The SMILES string of the molecule is CC[C@H]1C[C@@H](O)C=CCO1. The van der Waals surface area contributed by atoms with Crippen molar-refractivity contribution in [3.63, 3.8) is 0 Å². The van der Waals surface area contributed by atoms with Crippen molar-refractivity contribution >= 4 is 0 Å². The van der Waals surface area contributed by atoms with Gasteiger partial charge in [0.1, 0.15) is 0 Å². The number of ether oxygens (including phenoxy) is 1. The number of rotatable bonds is 1. The van der Waals surface area contributed by atoms with Crippen LogP contribution < -0.4 is 0 Å². The Hall–Kier alpha value is -0.340. The lowest BCUT2D eigenvalue weighted by atomic mass is 10.1. The van der Waals surface area contributed by atoms with Crippen molar-refractivity contribution in [2.45, 2.75) is 32.0 Å². The molecule has 2 heteroatoms. The summed E-state index contributed by atoms with van der Waals surface area (Å²) >= 11 is 0. The van der Waals surface area contributed by atoms with Gasteiger partial charge in [-0.3, -0.25) is 0 Å². The van der Waals surface area contributed by atoms with E-state index in [4.69, 9.17) is 4.74 Å². The summed E-state index contributed by atoms with van der Waals surface area (Å²) in [6.45, 7) is 2.72. The normalized spacial score (nSPS) is 33.8. The first-order valence-corrected chi connectivity index (χ1v) is 3.79. The topological polar surface area (TPSA) is 29.5 Å². The molecule has 0 aromatic heterocycles. The Morgan fingerprint density at radius 1 is 1.70 bits per heavy atom. The van der Waals surface area contributed by atoms with Gasteiger partial charge in [0.25, 0.3) is 0 Å². The van der Waals surface area contributed by atoms with E-state index < -0.39 is 0 Å². The molecular weight excluding hydrogens is 128 g/mol. The van der Waals surface area contributed by atoms with Crippen LogP contribution in [0.3, 0.4) is 0 Å². The highest BCUT2D eigenvalue weighted by Gasteiger charge is 2.12. The minimum absolute atomic E-state index is 0.241. The smallest absolute Gasteiger partial charge is 0.0746 e. The van der Waals surface area contributed by atoms with Crippen LogP contribution in [0.15, 0.2) is 12.2 Å². The second-order valence-corrected chi connectivity index (χ2v) is 2.59. The zero-order valence-corrected chi connectivity index (χ0v) is 6.29. The summed E-state index contributed by atoms with van der Waals surface area (Å²) < 4.78 is 5.38. The minimum Gasteiger partial charge on any atom is -0.389 e. The number of aliphatic hydroxyl groups is 1. The Balaban J connectivity index is 2.39. The lowest BCUT2D eigenvalue weighted by Crippen LogP contribution is -2.16. The summed E-state index contributed by atoms with van der Waals surface area (Å²) in [7, 11) is 0. The van der Waals surface area contributed by atoms with Crippen LogP contribution in [0.5, 0.6) is 0 Å². The van der Waals surface area contributed by atoms with E-state index >= 15 is 0 Å². The molecule has 0 saturated carbocycles. The summed E-state index contributed by atoms with van der Waals surface area (Å²) in [6, 6.07) is 0. The lowest BCUT2D eigenvalue weighted by Gasteiger charge is -2.13. The fraction of sp³-hybridized carbons (Fsp3) is 0.750. The summed E-state index contributed by atoms with van der Waals surface area (Å²) in [5, 5.41) is 9.22. The first kappa shape index (κ1) is 7.76. The molecular formula is C8H14O2. The summed E-state index contributed by atoms with van der Waals surface area (Å²) in [6.07, 6.45) is 5.35. The minimum atomic E-state index is -0.299. The van der Waals surface area contributed by atoms with Crippen LogP contribution in [0, 0.1) is 0 Å². The zero-order chi connectivity index (χ0) is 7.40. The molecule has 58 valence electrons. The average Bonchev–Trinajstić information content (AvgIpc) is 2.13. The zero-order valence-electron chi connectivity index (χ0n) is 6.29. The molecule has 0 radical (unpaired) electrons. The molecule has 1 aliphatic heterocycles. The van der Waals surface area contributed by atoms with Crippen molar-refractivity contribution in [3.05, 3.63) is 12.2 Å². The molecule has 0 bridgehead atoms. The maximum absolute atomic E-state index is 9.22. The first-order chi connectivity index (χ1) is 4.83.